The Morgan fingerprint density at radius 3 is 2.71 bits per heavy atom. The fraction of sp³-hybridized carbons (Fsp3) is 0.833. The normalized spacial score (nSPS) is 25.5. The standard InChI is InChI=1S/C12H22N2O3/c1-3-5-9(10(15)16)8-13-11(17)12(2)6-4-7-14-12/h9,14H,3-8H2,1-2H3,(H,13,17)(H,15,16). The molecule has 2 unspecified atom stereocenters. The lowest BCUT2D eigenvalue weighted by Gasteiger charge is -2.24. The maximum absolute atomic E-state index is 11.9. The molecule has 0 aliphatic carbocycles. The number of carboxylic acids is 1. The predicted octanol–water partition coefficient (Wildman–Crippen LogP) is 0.746. The van der Waals surface area contributed by atoms with Gasteiger partial charge in [0, 0.05) is 6.54 Å². The summed E-state index contributed by atoms with van der Waals surface area (Å²) in [7, 11) is 0. The molecule has 5 nitrogen and oxygen atoms in total. The number of aliphatic carboxylic acids is 1. The number of amides is 1. The van der Waals surface area contributed by atoms with Crippen LogP contribution in [0.3, 0.4) is 0 Å². The Morgan fingerprint density at radius 1 is 1.53 bits per heavy atom. The van der Waals surface area contributed by atoms with E-state index in [-0.39, 0.29) is 12.5 Å². The van der Waals surface area contributed by atoms with E-state index in [1.54, 1.807) is 0 Å². The highest BCUT2D eigenvalue weighted by atomic mass is 16.4. The average molecular weight is 242 g/mol. The summed E-state index contributed by atoms with van der Waals surface area (Å²) in [6.45, 7) is 4.88. The van der Waals surface area contributed by atoms with Crippen molar-refractivity contribution in [2.75, 3.05) is 13.1 Å². The summed E-state index contributed by atoms with van der Waals surface area (Å²) in [6, 6.07) is 0. The van der Waals surface area contributed by atoms with Crippen molar-refractivity contribution >= 4 is 11.9 Å². The highest BCUT2D eigenvalue weighted by Crippen LogP contribution is 2.18. The summed E-state index contributed by atoms with van der Waals surface area (Å²) in [5.74, 6) is -1.40. The Hall–Kier alpha value is -1.10. The van der Waals surface area contributed by atoms with Gasteiger partial charge in [-0.25, -0.2) is 0 Å². The molecule has 17 heavy (non-hydrogen) atoms. The Kier molecular flexibility index (Phi) is 4.93. The summed E-state index contributed by atoms with van der Waals surface area (Å²) in [6.07, 6.45) is 3.20. The number of nitrogens with one attached hydrogen (secondary N) is 2. The van der Waals surface area contributed by atoms with Gasteiger partial charge in [-0.1, -0.05) is 13.3 Å². The van der Waals surface area contributed by atoms with Crippen LogP contribution in [0.4, 0.5) is 0 Å². The van der Waals surface area contributed by atoms with Gasteiger partial charge in [-0.2, -0.15) is 0 Å². The third kappa shape index (κ3) is 3.70. The molecule has 0 bridgehead atoms. The number of carbonyl (C=O) groups is 2. The lowest BCUT2D eigenvalue weighted by atomic mass is 9.98. The van der Waals surface area contributed by atoms with Crippen molar-refractivity contribution in [1.82, 2.24) is 10.6 Å². The molecule has 0 aromatic carbocycles. The fourth-order valence-electron chi connectivity index (χ4n) is 2.16. The smallest absolute Gasteiger partial charge is 0.308 e. The lowest BCUT2D eigenvalue weighted by Crippen LogP contribution is -2.52. The summed E-state index contributed by atoms with van der Waals surface area (Å²) in [5.41, 5.74) is -0.519. The van der Waals surface area contributed by atoms with Gasteiger partial charge in [-0.3, -0.25) is 9.59 Å². The molecule has 1 aliphatic heterocycles. The van der Waals surface area contributed by atoms with Gasteiger partial charge in [0.2, 0.25) is 5.91 Å². The van der Waals surface area contributed by atoms with Gasteiger partial charge in [-0.15, -0.1) is 0 Å². The summed E-state index contributed by atoms with van der Waals surface area (Å²) < 4.78 is 0. The first-order valence-corrected chi connectivity index (χ1v) is 6.25. The molecule has 2 atom stereocenters. The molecule has 1 rings (SSSR count). The van der Waals surface area contributed by atoms with Crippen LogP contribution in [0.25, 0.3) is 0 Å². The molecule has 1 saturated heterocycles. The molecule has 0 aromatic rings. The van der Waals surface area contributed by atoms with Crippen molar-refractivity contribution in [3.05, 3.63) is 0 Å². The third-order valence-corrected chi connectivity index (χ3v) is 3.37. The second-order valence-electron chi connectivity index (χ2n) is 4.90. The first kappa shape index (κ1) is 14.0. The second kappa shape index (κ2) is 6.00. The molecule has 1 amide bonds. The first-order chi connectivity index (χ1) is 7.99. The maximum atomic E-state index is 11.9. The van der Waals surface area contributed by atoms with E-state index in [4.69, 9.17) is 5.11 Å². The Bertz CT molecular complexity index is 285. The highest BCUT2D eigenvalue weighted by Gasteiger charge is 2.36. The molecule has 3 N–H and O–H groups in total. The van der Waals surface area contributed by atoms with Gasteiger partial charge in [0.25, 0.3) is 0 Å². The van der Waals surface area contributed by atoms with Crippen LogP contribution in [0.2, 0.25) is 0 Å². The van der Waals surface area contributed by atoms with Gasteiger partial charge >= 0.3 is 5.97 Å². The minimum absolute atomic E-state index is 0.0858. The number of hydrogen-bond acceptors (Lipinski definition) is 3. The molecule has 1 aliphatic rings. The van der Waals surface area contributed by atoms with Crippen molar-refractivity contribution < 1.29 is 14.7 Å². The van der Waals surface area contributed by atoms with Gasteiger partial charge < -0.3 is 15.7 Å². The van der Waals surface area contributed by atoms with Crippen molar-refractivity contribution in [1.29, 1.82) is 0 Å². The highest BCUT2D eigenvalue weighted by molar-refractivity contribution is 5.86. The number of carbonyl (C=O) groups excluding carboxylic acids is 1. The summed E-state index contributed by atoms with van der Waals surface area (Å²) >= 11 is 0. The molecule has 0 saturated carbocycles. The average Bonchev–Trinajstić information content (AvgIpc) is 2.71. The molecule has 5 heteroatoms. The summed E-state index contributed by atoms with van der Waals surface area (Å²) in [4.78, 5) is 22.9. The molecule has 1 fully saturated rings. The van der Waals surface area contributed by atoms with Gasteiger partial charge in [0.1, 0.15) is 0 Å². The van der Waals surface area contributed by atoms with Crippen LogP contribution < -0.4 is 10.6 Å². The Labute approximate surface area is 102 Å². The van der Waals surface area contributed by atoms with Crippen molar-refractivity contribution in [3.63, 3.8) is 0 Å². The van der Waals surface area contributed by atoms with E-state index in [1.165, 1.54) is 0 Å². The van der Waals surface area contributed by atoms with E-state index in [2.05, 4.69) is 10.6 Å². The molecule has 1 heterocycles. The van der Waals surface area contributed by atoms with E-state index in [1.807, 2.05) is 13.8 Å². The van der Waals surface area contributed by atoms with Crippen LogP contribution in [0.1, 0.15) is 39.5 Å². The monoisotopic (exact) mass is 242 g/mol. The van der Waals surface area contributed by atoms with Gasteiger partial charge in [0.05, 0.1) is 11.5 Å². The second-order valence-corrected chi connectivity index (χ2v) is 4.90. The van der Waals surface area contributed by atoms with Crippen molar-refractivity contribution in [2.45, 2.75) is 45.1 Å². The van der Waals surface area contributed by atoms with E-state index >= 15 is 0 Å². The summed E-state index contributed by atoms with van der Waals surface area (Å²) in [5, 5.41) is 14.9. The minimum atomic E-state index is -0.836. The Balaban J connectivity index is 2.43. The van der Waals surface area contributed by atoms with Gasteiger partial charge in [0.15, 0.2) is 0 Å². The van der Waals surface area contributed by atoms with Crippen LogP contribution in [0, 0.1) is 5.92 Å². The molecule has 0 aromatic heterocycles. The molecule has 0 radical (unpaired) electrons. The van der Waals surface area contributed by atoms with Crippen LogP contribution in [-0.4, -0.2) is 35.6 Å². The van der Waals surface area contributed by atoms with E-state index in [0.717, 1.165) is 25.8 Å². The number of rotatable bonds is 6. The lowest BCUT2D eigenvalue weighted by molar-refractivity contribution is -0.142. The van der Waals surface area contributed by atoms with Gasteiger partial charge in [-0.05, 0) is 32.7 Å². The number of hydrogen-bond donors (Lipinski definition) is 3. The molecule has 0 spiro atoms. The van der Waals surface area contributed by atoms with E-state index < -0.39 is 17.4 Å². The number of carboxylic acid groups (broad SMARTS) is 1. The predicted molar refractivity (Wildman–Crippen MR) is 64.7 cm³/mol. The molecule has 98 valence electrons. The SMILES string of the molecule is CCCC(CNC(=O)C1(C)CCCN1)C(=O)O. The topological polar surface area (TPSA) is 78.4 Å². The third-order valence-electron chi connectivity index (χ3n) is 3.37. The zero-order valence-corrected chi connectivity index (χ0v) is 10.6. The first-order valence-electron chi connectivity index (χ1n) is 6.25. The largest absolute Gasteiger partial charge is 0.481 e. The molecular weight excluding hydrogens is 220 g/mol. The maximum Gasteiger partial charge on any atom is 0.308 e. The van der Waals surface area contributed by atoms with Crippen LogP contribution in [0.15, 0.2) is 0 Å². The Morgan fingerprint density at radius 2 is 2.24 bits per heavy atom. The van der Waals surface area contributed by atoms with Crippen LogP contribution in [-0.2, 0) is 9.59 Å². The van der Waals surface area contributed by atoms with Crippen molar-refractivity contribution in [2.24, 2.45) is 5.92 Å². The zero-order chi connectivity index (χ0) is 12.9. The zero-order valence-electron chi connectivity index (χ0n) is 10.6. The van der Waals surface area contributed by atoms with Crippen LogP contribution in [0.5, 0.6) is 0 Å². The minimum Gasteiger partial charge on any atom is -0.481 e. The quantitative estimate of drug-likeness (QED) is 0.642. The van der Waals surface area contributed by atoms with Crippen molar-refractivity contribution in [3.8, 4) is 0 Å². The van der Waals surface area contributed by atoms with E-state index in [0.29, 0.717) is 6.42 Å². The van der Waals surface area contributed by atoms with E-state index in [9.17, 15) is 9.59 Å². The molecular formula is C12H22N2O3. The fourth-order valence-corrected chi connectivity index (χ4v) is 2.16. The van der Waals surface area contributed by atoms with Crippen LogP contribution >= 0.6 is 0 Å².